The minimum atomic E-state index is -4.13. The molecule has 0 unspecified atom stereocenters. The highest BCUT2D eigenvalue weighted by Crippen LogP contribution is 2.46. The Morgan fingerprint density at radius 2 is 1.97 bits per heavy atom. The number of nitriles is 1. The molecule has 1 N–H and O–H groups in total. The second-order valence-electron chi connectivity index (χ2n) is 7.70. The Balaban J connectivity index is 1.74. The van der Waals surface area contributed by atoms with Gasteiger partial charge in [-0.15, -0.1) is 0 Å². The van der Waals surface area contributed by atoms with Crippen LogP contribution in [0.25, 0.3) is 5.57 Å². The van der Waals surface area contributed by atoms with Crippen LogP contribution in [-0.4, -0.2) is 36.5 Å². The molecule has 5 nitrogen and oxygen atoms in total. The number of aliphatic hydroxyl groups is 1. The predicted octanol–water partition coefficient (Wildman–Crippen LogP) is 3.82. The number of halogens is 1. The molecule has 2 aromatic carbocycles. The summed E-state index contributed by atoms with van der Waals surface area (Å²) >= 11 is 0. The van der Waals surface area contributed by atoms with Gasteiger partial charge in [-0.25, -0.2) is 12.8 Å². The maximum atomic E-state index is 13.6. The highest BCUT2D eigenvalue weighted by atomic mass is 32.2. The van der Waals surface area contributed by atoms with Gasteiger partial charge in [0.2, 0.25) is 10.0 Å². The Bertz CT molecular complexity index is 1120. The molecule has 0 spiro atoms. The second-order valence-corrected chi connectivity index (χ2v) is 9.55. The van der Waals surface area contributed by atoms with Crippen molar-refractivity contribution in [3.05, 3.63) is 71.6 Å². The van der Waals surface area contributed by atoms with Gasteiger partial charge in [0.15, 0.2) is 0 Å². The first-order valence-corrected chi connectivity index (χ1v) is 11.5. The molecule has 3 atom stereocenters. The molecule has 0 amide bonds. The second kappa shape index (κ2) is 8.31. The van der Waals surface area contributed by atoms with Gasteiger partial charge in [0.1, 0.15) is 11.9 Å². The van der Waals surface area contributed by atoms with E-state index in [4.69, 9.17) is 0 Å². The Hall–Kier alpha value is -2.53. The first-order valence-electron chi connectivity index (χ1n) is 10.1. The third kappa shape index (κ3) is 3.45. The van der Waals surface area contributed by atoms with Crippen molar-refractivity contribution in [2.75, 3.05) is 6.61 Å². The summed E-state index contributed by atoms with van der Waals surface area (Å²) in [6.45, 7) is -0.426. The van der Waals surface area contributed by atoms with E-state index < -0.39 is 40.4 Å². The fourth-order valence-corrected chi connectivity index (χ4v) is 6.37. The van der Waals surface area contributed by atoms with Gasteiger partial charge in [-0.3, -0.25) is 0 Å². The third-order valence-electron chi connectivity index (χ3n) is 6.00. The smallest absolute Gasteiger partial charge is 0.244 e. The van der Waals surface area contributed by atoms with Crippen LogP contribution in [0.4, 0.5) is 4.39 Å². The van der Waals surface area contributed by atoms with E-state index in [1.807, 2.05) is 24.3 Å². The molecule has 156 valence electrons. The van der Waals surface area contributed by atoms with E-state index in [9.17, 15) is 23.2 Å². The van der Waals surface area contributed by atoms with Gasteiger partial charge in [-0.05, 0) is 60.6 Å². The van der Waals surface area contributed by atoms with E-state index in [0.29, 0.717) is 0 Å². The zero-order valence-electron chi connectivity index (χ0n) is 16.4. The molecule has 2 aromatic rings. The molecule has 0 radical (unpaired) electrons. The maximum absolute atomic E-state index is 13.6. The molecule has 0 bridgehead atoms. The van der Waals surface area contributed by atoms with Crippen molar-refractivity contribution in [2.45, 2.75) is 48.6 Å². The Morgan fingerprint density at radius 3 is 2.63 bits per heavy atom. The van der Waals surface area contributed by atoms with Gasteiger partial charge in [0, 0.05) is 5.92 Å². The predicted molar refractivity (Wildman–Crippen MR) is 111 cm³/mol. The average Bonchev–Trinajstić information content (AvgIpc) is 2.74. The molecular formula is C23H23FN2O3S. The number of nitrogens with zero attached hydrogens (tertiary/aromatic N) is 2. The number of hydrogen-bond acceptors (Lipinski definition) is 4. The largest absolute Gasteiger partial charge is 0.395 e. The van der Waals surface area contributed by atoms with Crippen molar-refractivity contribution in [2.24, 2.45) is 0 Å². The van der Waals surface area contributed by atoms with Gasteiger partial charge in [-0.1, -0.05) is 36.4 Å². The highest BCUT2D eigenvalue weighted by Gasteiger charge is 2.55. The molecule has 4 rings (SSSR count). The first-order chi connectivity index (χ1) is 14.5. The van der Waals surface area contributed by atoms with Crippen LogP contribution < -0.4 is 0 Å². The SMILES string of the molecule is N#C[C@@H]1[C@H](c2ccccc2C2=CCCCC2)[C@H](CO)N1S(=O)(=O)c1cccc(F)c1. The number of benzene rings is 2. The monoisotopic (exact) mass is 426 g/mol. The summed E-state index contributed by atoms with van der Waals surface area (Å²) in [6, 6.07) is 12.8. The summed E-state index contributed by atoms with van der Waals surface area (Å²) < 4.78 is 41.0. The van der Waals surface area contributed by atoms with Crippen LogP contribution in [0.3, 0.4) is 0 Å². The molecule has 7 heteroatoms. The molecule has 1 heterocycles. The number of hydrogen-bond donors (Lipinski definition) is 1. The fourth-order valence-electron chi connectivity index (χ4n) is 4.58. The lowest BCUT2D eigenvalue weighted by atomic mass is 9.74. The molecule has 1 aliphatic heterocycles. The van der Waals surface area contributed by atoms with E-state index in [2.05, 4.69) is 12.1 Å². The van der Waals surface area contributed by atoms with Crippen LogP contribution >= 0.6 is 0 Å². The summed E-state index contributed by atoms with van der Waals surface area (Å²) in [5.41, 5.74) is 3.10. The Labute approximate surface area is 176 Å². The third-order valence-corrected chi connectivity index (χ3v) is 7.91. The lowest BCUT2D eigenvalue weighted by molar-refractivity contribution is 0.0555. The molecule has 30 heavy (non-hydrogen) atoms. The van der Waals surface area contributed by atoms with Crippen molar-refractivity contribution in [3.63, 3.8) is 0 Å². The van der Waals surface area contributed by atoms with Gasteiger partial charge in [0.25, 0.3) is 0 Å². The van der Waals surface area contributed by atoms with Gasteiger partial charge in [0.05, 0.1) is 23.6 Å². The summed E-state index contributed by atoms with van der Waals surface area (Å²) in [7, 11) is -4.13. The Kier molecular flexibility index (Phi) is 5.74. The molecule has 1 fully saturated rings. The van der Waals surface area contributed by atoms with Crippen molar-refractivity contribution >= 4 is 15.6 Å². The van der Waals surface area contributed by atoms with Crippen molar-refractivity contribution in [1.29, 1.82) is 5.26 Å². The van der Waals surface area contributed by atoms with Crippen LogP contribution in [0.5, 0.6) is 0 Å². The van der Waals surface area contributed by atoms with E-state index in [1.165, 1.54) is 17.7 Å². The van der Waals surface area contributed by atoms with E-state index in [-0.39, 0.29) is 4.90 Å². The van der Waals surface area contributed by atoms with Gasteiger partial charge >= 0.3 is 0 Å². The fraction of sp³-hybridized carbons (Fsp3) is 0.348. The normalized spacial score (nSPS) is 24.6. The summed E-state index contributed by atoms with van der Waals surface area (Å²) in [6.07, 6.45) is 6.39. The standard InChI is InChI=1S/C23H23FN2O3S/c24-17-9-6-10-18(13-17)30(28,29)26-21(14-25)23(22(26)15-27)20-12-5-4-11-19(20)16-7-2-1-3-8-16/h4-7,9-13,21-23,27H,1-3,8,15H2/t21-,22+,23+/m1/s1. The van der Waals surface area contributed by atoms with Crippen molar-refractivity contribution in [3.8, 4) is 6.07 Å². The van der Waals surface area contributed by atoms with Crippen molar-refractivity contribution in [1.82, 2.24) is 4.31 Å². The molecule has 2 aliphatic rings. The van der Waals surface area contributed by atoms with Crippen LogP contribution in [-0.2, 0) is 10.0 Å². The number of aliphatic hydroxyl groups excluding tert-OH is 1. The lowest BCUT2D eigenvalue weighted by Crippen LogP contribution is -2.65. The lowest BCUT2D eigenvalue weighted by Gasteiger charge is -2.50. The van der Waals surface area contributed by atoms with Crippen LogP contribution in [0.1, 0.15) is 42.7 Å². The average molecular weight is 427 g/mol. The molecular weight excluding hydrogens is 403 g/mol. The summed E-state index contributed by atoms with van der Waals surface area (Å²) in [5.74, 6) is -1.13. The maximum Gasteiger partial charge on any atom is 0.244 e. The number of sulfonamides is 1. The zero-order valence-corrected chi connectivity index (χ0v) is 17.2. The van der Waals surface area contributed by atoms with Crippen LogP contribution in [0.2, 0.25) is 0 Å². The van der Waals surface area contributed by atoms with E-state index in [0.717, 1.165) is 53.2 Å². The van der Waals surface area contributed by atoms with Crippen molar-refractivity contribution < 1.29 is 17.9 Å². The minimum absolute atomic E-state index is 0.220. The zero-order chi connectivity index (χ0) is 21.3. The topological polar surface area (TPSA) is 81.4 Å². The quantitative estimate of drug-likeness (QED) is 0.788. The molecule has 0 saturated carbocycles. The van der Waals surface area contributed by atoms with Crippen LogP contribution in [0, 0.1) is 17.1 Å². The summed E-state index contributed by atoms with van der Waals surface area (Å²) in [4.78, 5) is -0.220. The highest BCUT2D eigenvalue weighted by molar-refractivity contribution is 7.89. The first kappa shape index (κ1) is 20.7. The van der Waals surface area contributed by atoms with Gasteiger partial charge in [-0.2, -0.15) is 9.57 Å². The van der Waals surface area contributed by atoms with E-state index in [1.54, 1.807) is 0 Å². The molecule has 1 aliphatic carbocycles. The Morgan fingerprint density at radius 1 is 1.17 bits per heavy atom. The van der Waals surface area contributed by atoms with Gasteiger partial charge < -0.3 is 5.11 Å². The van der Waals surface area contributed by atoms with E-state index >= 15 is 0 Å². The molecule has 0 aromatic heterocycles. The number of rotatable bonds is 5. The minimum Gasteiger partial charge on any atom is -0.395 e. The summed E-state index contributed by atoms with van der Waals surface area (Å²) in [5, 5.41) is 19.9. The number of allylic oxidation sites excluding steroid dienone is 2. The van der Waals surface area contributed by atoms with Crippen LogP contribution in [0.15, 0.2) is 59.5 Å². The molecule has 1 saturated heterocycles.